The fourth-order valence-corrected chi connectivity index (χ4v) is 10.8. The fourth-order valence-electron chi connectivity index (χ4n) is 10.8. The van der Waals surface area contributed by atoms with E-state index in [1.807, 2.05) is 41.5 Å². The van der Waals surface area contributed by atoms with Crippen molar-refractivity contribution in [3.05, 3.63) is 26.5 Å². The third-order valence-corrected chi connectivity index (χ3v) is 16.2. The third kappa shape index (κ3) is 24.3. The van der Waals surface area contributed by atoms with Gasteiger partial charge in [-0.1, -0.05) is 124 Å². The number of rotatable bonds is 14. The first-order valence-corrected chi connectivity index (χ1v) is 30.4. The van der Waals surface area contributed by atoms with Gasteiger partial charge in [-0.2, -0.15) is 0 Å². The van der Waals surface area contributed by atoms with E-state index in [-0.39, 0.29) is 86.8 Å². The van der Waals surface area contributed by atoms with Gasteiger partial charge in [0.15, 0.2) is 0 Å². The quantitative estimate of drug-likeness (QED) is 0.116. The molecule has 1 aliphatic heterocycles. The molecule has 0 bridgehead atoms. The summed E-state index contributed by atoms with van der Waals surface area (Å²) in [6.07, 6.45) is 2.79. The number of hydrogen-bond donors (Lipinski definition) is 5. The molecule has 1 fully saturated rings. The predicted molar refractivity (Wildman–Crippen MR) is 348 cm³/mol. The predicted octanol–water partition coefficient (Wildman–Crippen LogP) is 4.80. The number of carbonyl (C=O) groups excluding carboxylic acids is 11. The largest absolute Gasteiger partial charge is 2.00 e. The van der Waals surface area contributed by atoms with E-state index in [4.69, 9.17) is 0 Å². The first kappa shape index (κ1) is 90.0. The van der Waals surface area contributed by atoms with Gasteiger partial charge in [-0.3, -0.25) is 52.7 Å². The van der Waals surface area contributed by atoms with Crippen LogP contribution in [-0.2, 0) is 73.8 Å². The van der Waals surface area contributed by atoms with Gasteiger partial charge in [-0.15, -0.1) is 0 Å². The second kappa shape index (κ2) is 40.4. The minimum absolute atomic E-state index is 0. The molecule has 0 aromatic carbocycles. The first-order valence-electron chi connectivity index (χ1n) is 30.4. The standard InChI is InChI=1S/C62H110N11O12.2CH4.CH3.W/c1-26-28-29-39(15)51(74)50-55(78)65-43(27-2)58(81)67(19)42(18)57(80)71(23)48(37(11)12)54(77)66-47(36(9)10)61(84)68(20)44(30-33(3)4)53(76)63-40(16)52(75)64-41(17)56(79)69(21)45(31-34(5)6)59(82)70(22)46(32-35(7)8)60(83)72(24)49(38(13)14)62(85)73(50)25;;;;/h26,28,33-51,74H,18,27,29-32H2,1-17,19-25H3,(H,63,76)(H,64,75)(H,65,78)(H,66,77);2*1H4;1H3;/q-1;;;-1;+2/b28-26+;;;;/t39-,40+,41-,42-,43+,44+,45+,46+,47+,48+,49+,50+,51-;;;;/m1..../s1. The van der Waals surface area contributed by atoms with Gasteiger partial charge >= 0.3 is 21.1 Å². The van der Waals surface area contributed by atoms with Crippen molar-refractivity contribution in [3.63, 3.8) is 0 Å². The van der Waals surface area contributed by atoms with E-state index in [0.29, 0.717) is 6.42 Å². The summed E-state index contributed by atoms with van der Waals surface area (Å²) < 4.78 is 0. The number of amides is 11. The number of aliphatic hydroxyl groups is 1. The van der Waals surface area contributed by atoms with E-state index < -0.39 is 161 Å². The Balaban J connectivity index is -0.00000903. The summed E-state index contributed by atoms with van der Waals surface area (Å²) in [5.41, 5.74) is 0. The molecule has 0 saturated carbocycles. The van der Waals surface area contributed by atoms with Gasteiger partial charge in [-0.05, 0) is 100 Å². The molecular weight excluding hydrogens is 1310 g/mol. The number of aliphatic hydroxyl groups excluding tert-OH is 1. The Morgan fingerprint density at radius 3 is 1.28 bits per heavy atom. The summed E-state index contributed by atoms with van der Waals surface area (Å²) in [7, 11) is 9.78. The molecule has 5 N–H and O–H groups in total. The van der Waals surface area contributed by atoms with Gasteiger partial charge in [0.25, 0.3) is 0 Å². The Morgan fingerprint density at radius 1 is 0.461 bits per heavy atom. The summed E-state index contributed by atoms with van der Waals surface area (Å²) in [6.45, 7) is 33.4. The second-order valence-corrected chi connectivity index (χ2v) is 25.9. The minimum Gasteiger partial charge on any atom is -0.390 e. The minimum atomic E-state index is -1.63. The molecule has 1 heterocycles. The van der Waals surface area contributed by atoms with Crippen LogP contribution in [-0.4, -0.2) is 226 Å². The summed E-state index contributed by atoms with van der Waals surface area (Å²) >= 11 is 0. The van der Waals surface area contributed by atoms with Gasteiger partial charge in [0.1, 0.15) is 60.4 Å². The second-order valence-electron chi connectivity index (χ2n) is 25.9. The SMILES string of the molecule is C.C.[CH2-][C@@H]1C(=O)N(C)[C@@H](C(C)C)C(=O)N[C@@H](C(C)C)C(=O)N(C)[C@@H](CC(C)C)C(=O)N[C@@H](C)C(=O)N[C@H](C)C(=O)N(C)[C@@H](CC(C)C)C(=O)N(C)[C@@H](CC(C)C)C(=O)N(C)[C@@H](C(C)C)C(=O)N(C)[C@@H]([C@H](O)[C@H](C)C/C=C/C)C(=O)N[C@@H](CC)C(=O)N1C.[CH3-].[W+2]. The fraction of sp³-hybridized carbons (Fsp3) is 0.769. The number of likely N-dealkylation sites (N-methyl/N-ethyl adjacent to an activating group) is 7. The van der Waals surface area contributed by atoms with Crippen molar-refractivity contribution in [3.8, 4) is 0 Å². The molecular formula is C65H121N11O12W. The molecule has 0 aliphatic carbocycles. The maximum atomic E-state index is 15.1. The number of carbonyl (C=O) groups is 11. The van der Waals surface area contributed by atoms with Gasteiger partial charge in [0.2, 0.25) is 65.0 Å². The van der Waals surface area contributed by atoms with Crippen LogP contribution in [0.4, 0.5) is 0 Å². The van der Waals surface area contributed by atoms with Gasteiger partial charge in [0.05, 0.1) is 6.10 Å². The molecule has 1 rings (SSSR count). The van der Waals surface area contributed by atoms with E-state index >= 15 is 9.59 Å². The van der Waals surface area contributed by atoms with Crippen LogP contribution < -0.4 is 21.3 Å². The molecule has 0 radical (unpaired) electrons. The average Bonchev–Trinajstić information content (AvgIpc) is 3.21. The molecule has 13 atom stereocenters. The normalized spacial score (nSPS) is 26.5. The molecule has 89 heavy (non-hydrogen) atoms. The molecule has 0 aromatic heterocycles. The molecule has 1 aliphatic rings. The Bertz CT molecular complexity index is 2350. The van der Waals surface area contributed by atoms with Crippen molar-refractivity contribution in [1.82, 2.24) is 55.6 Å². The Morgan fingerprint density at radius 2 is 0.854 bits per heavy atom. The van der Waals surface area contributed by atoms with E-state index in [1.165, 1.54) is 82.8 Å². The van der Waals surface area contributed by atoms with Crippen LogP contribution in [0.5, 0.6) is 0 Å². The molecule has 0 aromatic rings. The maximum Gasteiger partial charge on any atom is 2.00 e. The summed E-state index contributed by atoms with van der Waals surface area (Å²) in [6, 6.07) is -14.0. The molecule has 0 spiro atoms. The molecule has 23 nitrogen and oxygen atoms in total. The Kier molecular flexibility index (Phi) is 40.9. The van der Waals surface area contributed by atoms with Crippen LogP contribution in [0.15, 0.2) is 12.2 Å². The molecule has 514 valence electrons. The van der Waals surface area contributed by atoms with E-state index in [2.05, 4.69) is 28.2 Å². The first-order chi connectivity index (χ1) is 39.2. The zero-order valence-electron chi connectivity index (χ0n) is 57.3. The molecule has 1 saturated heterocycles. The van der Waals surface area contributed by atoms with E-state index in [9.17, 15) is 48.3 Å². The van der Waals surface area contributed by atoms with Crippen LogP contribution >= 0.6 is 0 Å². The van der Waals surface area contributed by atoms with Crippen LogP contribution in [0, 0.1) is 55.8 Å². The van der Waals surface area contributed by atoms with Crippen LogP contribution in [0.1, 0.15) is 165 Å². The van der Waals surface area contributed by atoms with Gasteiger partial charge in [0, 0.05) is 49.3 Å². The number of allylic oxidation sites excluding steroid dienone is 2. The molecule has 11 amide bonds. The maximum absolute atomic E-state index is 15.1. The van der Waals surface area contributed by atoms with Gasteiger partial charge < -0.3 is 75.0 Å². The molecule has 0 unspecified atom stereocenters. The topological polar surface area (TPSA) is 279 Å². The van der Waals surface area contributed by atoms with Crippen molar-refractivity contribution in [2.24, 2.45) is 41.4 Å². The van der Waals surface area contributed by atoms with Crippen molar-refractivity contribution < 1.29 is 78.9 Å². The zero-order valence-corrected chi connectivity index (χ0v) is 60.3. The van der Waals surface area contributed by atoms with E-state index in [1.54, 1.807) is 74.5 Å². The Labute approximate surface area is 551 Å². The summed E-state index contributed by atoms with van der Waals surface area (Å²) in [4.78, 5) is 169. The number of hydrogen-bond acceptors (Lipinski definition) is 12. The van der Waals surface area contributed by atoms with Crippen molar-refractivity contribution in [1.29, 1.82) is 0 Å². The van der Waals surface area contributed by atoms with Crippen molar-refractivity contribution in [2.45, 2.75) is 237 Å². The third-order valence-electron chi connectivity index (χ3n) is 16.2. The monoisotopic (exact) mass is 1430 g/mol. The van der Waals surface area contributed by atoms with Crippen molar-refractivity contribution in [2.75, 3.05) is 49.3 Å². The van der Waals surface area contributed by atoms with Crippen molar-refractivity contribution >= 4 is 65.0 Å². The van der Waals surface area contributed by atoms with Gasteiger partial charge in [-0.25, -0.2) is 0 Å². The van der Waals surface area contributed by atoms with Crippen LogP contribution in [0.25, 0.3) is 0 Å². The zero-order chi connectivity index (χ0) is 66.1. The summed E-state index contributed by atoms with van der Waals surface area (Å²) in [5, 5.41) is 23.0. The number of nitrogens with zero attached hydrogens (tertiary/aromatic N) is 7. The average molecular weight is 1430 g/mol. The smallest absolute Gasteiger partial charge is 0.390 e. The summed E-state index contributed by atoms with van der Waals surface area (Å²) in [5.74, 6) is -10.5. The van der Waals surface area contributed by atoms with E-state index in [0.717, 1.165) is 14.7 Å². The molecule has 24 heteroatoms. The number of nitrogens with one attached hydrogen (secondary N) is 4. The Hall–Kier alpha value is -5.44. The van der Waals surface area contributed by atoms with Crippen LogP contribution in [0.3, 0.4) is 0 Å². The van der Waals surface area contributed by atoms with Crippen LogP contribution in [0.2, 0.25) is 0 Å².